The minimum atomic E-state index is -4.41. The van der Waals surface area contributed by atoms with Crippen LogP contribution in [0.25, 0.3) is 11.5 Å². The largest absolute Gasteiger partial charge is 0.444 e. The van der Waals surface area contributed by atoms with E-state index >= 15 is 0 Å². The molecule has 0 radical (unpaired) electrons. The Labute approximate surface area is 147 Å². The number of nitrogens with zero attached hydrogens (tertiary/aromatic N) is 3. The van der Waals surface area contributed by atoms with Crippen LogP contribution in [0.3, 0.4) is 0 Å². The van der Waals surface area contributed by atoms with Crippen LogP contribution in [0.1, 0.15) is 16.1 Å². The number of benzene rings is 1. The summed E-state index contributed by atoms with van der Waals surface area (Å²) in [5.41, 5.74) is -0.273. The van der Waals surface area contributed by atoms with Gasteiger partial charge in [-0.05, 0) is 24.3 Å². The van der Waals surface area contributed by atoms with Gasteiger partial charge in [-0.15, -0.1) is 0 Å². The van der Waals surface area contributed by atoms with Crippen LogP contribution in [-0.2, 0) is 6.18 Å². The lowest BCUT2D eigenvalue weighted by Crippen LogP contribution is -2.49. The molecule has 0 saturated carbocycles. The summed E-state index contributed by atoms with van der Waals surface area (Å²) in [4.78, 5) is 20.3. The van der Waals surface area contributed by atoms with Gasteiger partial charge >= 0.3 is 6.18 Å². The Balaban J connectivity index is 1.67. The molecule has 140 valence electrons. The van der Waals surface area contributed by atoms with Crippen LogP contribution in [0.4, 0.5) is 13.2 Å². The molecule has 1 aliphatic rings. The van der Waals surface area contributed by atoms with Gasteiger partial charge < -0.3 is 14.4 Å². The molecule has 0 aliphatic carbocycles. The van der Waals surface area contributed by atoms with Crippen LogP contribution in [0, 0.1) is 0 Å². The maximum atomic E-state index is 12.6. The lowest BCUT2D eigenvalue weighted by atomic mass is 10.1. The van der Waals surface area contributed by atoms with Gasteiger partial charge in [-0.25, -0.2) is 4.98 Å². The van der Waals surface area contributed by atoms with Crippen LogP contribution >= 0.6 is 0 Å². The topological polar surface area (TPSA) is 69.8 Å². The summed E-state index contributed by atoms with van der Waals surface area (Å²) in [6.45, 7) is 3.01. The molecule has 1 saturated heterocycles. The van der Waals surface area contributed by atoms with E-state index in [-0.39, 0.29) is 24.1 Å². The molecule has 0 atom stereocenters. The van der Waals surface area contributed by atoms with Crippen LogP contribution in [0.5, 0.6) is 0 Å². The highest BCUT2D eigenvalue weighted by atomic mass is 19.4. The minimum absolute atomic E-state index is 0.0771. The molecule has 1 amide bonds. The first kappa shape index (κ1) is 18.4. The number of amides is 1. The molecule has 1 aromatic carbocycles. The van der Waals surface area contributed by atoms with Gasteiger partial charge in [0.25, 0.3) is 5.91 Å². The minimum Gasteiger partial charge on any atom is -0.444 e. The fraction of sp³-hybridized carbons (Fsp3) is 0.412. The van der Waals surface area contributed by atoms with E-state index in [0.717, 1.165) is 12.1 Å². The first-order chi connectivity index (χ1) is 12.4. The van der Waals surface area contributed by atoms with E-state index in [2.05, 4.69) is 9.88 Å². The molecule has 1 fully saturated rings. The number of aliphatic hydroxyl groups is 1. The van der Waals surface area contributed by atoms with Crippen molar-refractivity contribution in [1.82, 2.24) is 14.8 Å². The van der Waals surface area contributed by atoms with E-state index in [4.69, 9.17) is 9.52 Å². The number of oxazole rings is 1. The van der Waals surface area contributed by atoms with Crippen molar-refractivity contribution >= 4 is 5.91 Å². The van der Waals surface area contributed by atoms with Gasteiger partial charge in [-0.1, -0.05) is 0 Å². The third-order valence-corrected chi connectivity index (χ3v) is 4.26. The fourth-order valence-electron chi connectivity index (χ4n) is 2.78. The number of aliphatic hydroxyl groups excluding tert-OH is 1. The summed E-state index contributed by atoms with van der Waals surface area (Å²) in [5.74, 6) is -0.184. The molecule has 2 heterocycles. The van der Waals surface area contributed by atoms with Crippen LogP contribution in [0.15, 0.2) is 34.9 Å². The first-order valence-corrected chi connectivity index (χ1v) is 8.14. The Hall–Kier alpha value is -2.39. The highest BCUT2D eigenvalue weighted by Gasteiger charge is 2.30. The van der Waals surface area contributed by atoms with Crippen molar-refractivity contribution in [2.75, 3.05) is 39.3 Å². The maximum Gasteiger partial charge on any atom is 0.416 e. The number of alkyl halides is 3. The number of carbonyl (C=O) groups is 1. The highest BCUT2D eigenvalue weighted by Crippen LogP contribution is 2.30. The molecule has 0 spiro atoms. The number of aromatic nitrogens is 1. The van der Waals surface area contributed by atoms with Gasteiger partial charge in [0.15, 0.2) is 5.69 Å². The second-order valence-corrected chi connectivity index (χ2v) is 5.97. The lowest BCUT2D eigenvalue weighted by molar-refractivity contribution is -0.137. The number of hydrogen-bond donors (Lipinski definition) is 1. The van der Waals surface area contributed by atoms with Crippen molar-refractivity contribution in [2.45, 2.75) is 6.18 Å². The van der Waals surface area contributed by atoms with E-state index in [1.165, 1.54) is 18.4 Å². The molecule has 1 aliphatic heterocycles. The van der Waals surface area contributed by atoms with Crippen molar-refractivity contribution < 1.29 is 27.5 Å². The Kier molecular flexibility index (Phi) is 5.28. The normalized spacial score (nSPS) is 16.1. The monoisotopic (exact) mass is 369 g/mol. The van der Waals surface area contributed by atoms with Crippen LogP contribution in [-0.4, -0.2) is 65.1 Å². The summed E-state index contributed by atoms with van der Waals surface area (Å²) in [6, 6.07) is 4.41. The number of carbonyl (C=O) groups excluding carboxylic acids is 1. The predicted octanol–water partition coefficient (Wildman–Crippen LogP) is 2.11. The van der Waals surface area contributed by atoms with Gasteiger partial charge in [-0.3, -0.25) is 9.69 Å². The third kappa shape index (κ3) is 4.05. The van der Waals surface area contributed by atoms with Crippen molar-refractivity contribution in [2.24, 2.45) is 0 Å². The van der Waals surface area contributed by atoms with Gasteiger partial charge in [0.2, 0.25) is 5.89 Å². The SMILES string of the molecule is O=C(c1coc(-c2ccc(C(F)(F)F)cc2)n1)N1CCN(CCO)CC1. The zero-order valence-corrected chi connectivity index (χ0v) is 13.9. The quantitative estimate of drug-likeness (QED) is 0.894. The number of piperazine rings is 1. The molecule has 26 heavy (non-hydrogen) atoms. The summed E-state index contributed by atoms with van der Waals surface area (Å²) in [7, 11) is 0. The number of β-amino-alcohol motifs (C(OH)–C–C–N with tert-alkyl or cyclic N) is 1. The zero-order valence-electron chi connectivity index (χ0n) is 13.9. The molecular weight excluding hydrogens is 351 g/mol. The first-order valence-electron chi connectivity index (χ1n) is 8.14. The predicted molar refractivity (Wildman–Crippen MR) is 86.4 cm³/mol. The molecule has 0 bridgehead atoms. The number of halogens is 3. The second kappa shape index (κ2) is 7.46. The molecule has 1 N–H and O–H groups in total. The number of rotatable bonds is 4. The van der Waals surface area contributed by atoms with Crippen molar-refractivity contribution in [3.63, 3.8) is 0 Å². The Morgan fingerprint density at radius 3 is 2.38 bits per heavy atom. The molecular formula is C17H18F3N3O3. The highest BCUT2D eigenvalue weighted by molar-refractivity contribution is 5.92. The summed E-state index contributed by atoms with van der Waals surface area (Å²) >= 11 is 0. The molecule has 1 aromatic heterocycles. The lowest BCUT2D eigenvalue weighted by Gasteiger charge is -2.33. The van der Waals surface area contributed by atoms with Crippen molar-refractivity contribution in [1.29, 1.82) is 0 Å². The smallest absolute Gasteiger partial charge is 0.416 e. The van der Waals surface area contributed by atoms with Gasteiger partial charge in [0.1, 0.15) is 6.26 Å². The van der Waals surface area contributed by atoms with E-state index in [1.807, 2.05) is 0 Å². The second-order valence-electron chi connectivity index (χ2n) is 5.97. The van der Waals surface area contributed by atoms with Crippen LogP contribution in [0.2, 0.25) is 0 Å². The standard InChI is InChI=1S/C17H18F3N3O3/c18-17(19,20)13-3-1-12(2-4-13)15-21-14(11-26-15)16(25)23-7-5-22(6-8-23)9-10-24/h1-4,11,24H,5-10H2. The van der Waals surface area contributed by atoms with E-state index < -0.39 is 11.7 Å². The molecule has 9 heteroatoms. The van der Waals surface area contributed by atoms with Crippen molar-refractivity contribution in [3.05, 3.63) is 41.8 Å². The van der Waals surface area contributed by atoms with Gasteiger partial charge in [0.05, 0.1) is 12.2 Å². The fourth-order valence-corrected chi connectivity index (χ4v) is 2.78. The molecule has 6 nitrogen and oxygen atoms in total. The number of hydrogen-bond acceptors (Lipinski definition) is 5. The summed E-state index contributed by atoms with van der Waals surface area (Å²) < 4.78 is 43.1. The molecule has 3 rings (SSSR count). The van der Waals surface area contributed by atoms with Crippen LogP contribution < -0.4 is 0 Å². The Bertz CT molecular complexity index is 751. The summed E-state index contributed by atoms with van der Waals surface area (Å²) in [5, 5.41) is 8.94. The zero-order chi connectivity index (χ0) is 18.7. The van der Waals surface area contributed by atoms with Crippen molar-refractivity contribution in [3.8, 4) is 11.5 Å². The van der Waals surface area contributed by atoms with E-state index in [9.17, 15) is 18.0 Å². The van der Waals surface area contributed by atoms with E-state index in [0.29, 0.717) is 38.3 Å². The average molecular weight is 369 g/mol. The molecule has 0 unspecified atom stereocenters. The van der Waals surface area contributed by atoms with E-state index in [1.54, 1.807) is 4.90 Å². The van der Waals surface area contributed by atoms with Gasteiger partial charge in [0, 0.05) is 38.3 Å². The maximum absolute atomic E-state index is 12.6. The molecule has 2 aromatic rings. The Morgan fingerprint density at radius 1 is 1.15 bits per heavy atom. The third-order valence-electron chi connectivity index (χ3n) is 4.26. The average Bonchev–Trinajstić information content (AvgIpc) is 3.11. The summed E-state index contributed by atoms with van der Waals surface area (Å²) in [6.07, 6.45) is -3.19. The van der Waals surface area contributed by atoms with Gasteiger partial charge in [-0.2, -0.15) is 13.2 Å². The Morgan fingerprint density at radius 2 is 1.81 bits per heavy atom.